The molecule has 0 saturated heterocycles. The van der Waals surface area contributed by atoms with Crippen LogP contribution < -0.4 is 0 Å². The largest absolute Gasteiger partial charge is 0.227 e. The first-order valence-corrected chi connectivity index (χ1v) is 6.97. The third-order valence-corrected chi connectivity index (χ3v) is 4.17. The first-order valence-electron chi connectivity index (χ1n) is 5.36. The van der Waals surface area contributed by atoms with Crippen molar-refractivity contribution < 1.29 is 8.42 Å². The molecule has 0 aromatic carbocycles. The van der Waals surface area contributed by atoms with Gasteiger partial charge in [0.2, 0.25) is 10.0 Å². The van der Waals surface area contributed by atoms with Crippen LogP contribution in [0.4, 0.5) is 0 Å². The Morgan fingerprint density at radius 1 is 1.40 bits per heavy atom. The summed E-state index contributed by atoms with van der Waals surface area (Å²) in [6.07, 6.45) is 2.57. The van der Waals surface area contributed by atoms with Gasteiger partial charge in [0, 0.05) is 12.6 Å². The summed E-state index contributed by atoms with van der Waals surface area (Å²) in [6, 6.07) is 1.70. The Kier molecular flexibility index (Phi) is 6.53. The lowest BCUT2D eigenvalue weighted by molar-refractivity contribution is 0.325. The summed E-state index contributed by atoms with van der Waals surface area (Å²) in [6.45, 7) is 6.37. The van der Waals surface area contributed by atoms with Gasteiger partial charge < -0.3 is 0 Å². The van der Waals surface area contributed by atoms with Crippen molar-refractivity contribution in [1.29, 1.82) is 5.26 Å². The molecule has 88 valence electrons. The topological polar surface area (TPSA) is 61.2 Å². The summed E-state index contributed by atoms with van der Waals surface area (Å²) in [5.74, 6) is -0.416. The minimum atomic E-state index is -3.38. The Morgan fingerprint density at radius 3 is 2.40 bits per heavy atom. The SMILES string of the molecule is CCCCN(C(C)CC)S(=O)(=O)CC#N. The Balaban J connectivity index is 4.70. The summed E-state index contributed by atoms with van der Waals surface area (Å²) in [4.78, 5) is 0. The number of hydrogen-bond donors (Lipinski definition) is 0. The highest BCUT2D eigenvalue weighted by atomic mass is 32.2. The van der Waals surface area contributed by atoms with Gasteiger partial charge in [0.15, 0.2) is 5.75 Å². The van der Waals surface area contributed by atoms with Gasteiger partial charge >= 0.3 is 0 Å². The Labute approximate surface area is 92.9 Å². The molecule has 0 aliphatic heterocycles. The third kappa shape index (κ3) is 4.63. The van der Waals surface area contributed by atoms with Gasteiger partial charge in [-0.3, -0.25) is 0 Å². The number of unbranched alkanes of at least 4 members (excludes halogenated alkanes) is 1. The molecule has 4 nitrogen and oxygen atoms in total. The quantitative estimate of drug-likeness (QED) is 0.671. The number of nitrogens with zero attached hydrogens (tertiary/aromatic N) is 2. The van der Waals surface area contributed by atoms with Crippen molar-refractivity contribution in [3.05, 3.63) is 0 Å². The van der Waals surface area contributed by atoms with Gasteiger partial charge in [-0.05, 0) is 19.8 Å². The minimum absolute atomic E-state index is 0.0186. The summed E-state index contributed by atoms with van der Waals surface area (Å²) < 4.78 is 24.9. The van der Waals surface area contributed by atoms with Gasteiger partial charge in [-0.15, -0.1) is 0 Å². The molecule has 0 N–H and O–H groups in total. The zero-order valence-corrected chi connectivity index (χ0v) is 10.5. The third-order valence-electron chi connectivity index (χ3n) is 2.42. The first-order chi connectivity index (χ1) is 6.99. The van der Waals surface area contributed by atoms with E-state index in [0.717, 1.165) is 19.3 Å². The second-order valence-electron chi connectivity index (χ2n) is 3.64. The van der Waals surface area contributed by atoms with E-state index in [9.17, 15) is 8.42 Å². The van der Waals surface area contributed by atoms with Gasteiger partial charge in [-0.1, -0.05) is 20.3 Å². The molecule has 5 heteroatoms. The fourth-order valence-corrected chi connectivity index (χ4v) is 2.75. The summed E-state index contributed by atoms with van der Waals surface area (Å²) in [5, 5.41) is 8.47. The zero-order chi connectivity index (χ0) is 11.9. The van der Waals surface area contributed by atoms with Crippen LogP contribution in [0, 0.1) is 11.3 Å². The molecule has 1 atom stereocenters. The van der Waals surface area contributed by atoms with Gasteiger partial charge in [-0.25, -0.2) is 8.42 Å². The zero-order valence-electron chi connectivity index (χ0n) is 9.73. The maximum atomic E-state index is 11.7. The van der Waals surface area contributed by atoms with E-state index in [1.807, 2.05) is 20.8 Å². The summed E-state index contributed by atoms with van der Waals surface area (Å²) in [7, 11) is -3.38. The number of rotatable bonds is 7. The van der Waals surface area contributed by atoms with Crippen LogP contribution in [0.25, 0.3) is 0 Å². The average molecular weight is 232 g/mol. The van der Waals surface area contributed by atoms with Crippen LogP contribution in [0.3, 0.4) is 0 Å². The summed E-state index contributed by atoms with van der Waals surface area (Å²) in [5.41, 5.74) is 0. The molecule has 15 heavy (non-hydrogen) atoms. The highest BCUT2D eigenvalue weighted by molar-refractivity contribution is 7.89. The van der Waals surface area contributed by atoms with E-state index in [-0.39, 0.29) is 6.04 Å². The molecule has 0 fully saturated rings. The van der Waals surface area contributed by atoms with Crippen molar-refractivity contribution in [3.63, 3.8) is 0 Å². The molecule has 0 aromatic heterocycles. The molecule has 0 bridgehead atoms. The lowest BCUT2D eigenvalue weighted by Gasteiger charge is -2.26. The minimum Gasteiger partial charge on any atom is -0.211 e. The molecule has 0 rings (SSSR count). The molecule has 0 spiro atoms. The smallest absolute Gasteiger partial charge is 0.211 e. The Hall–Kier alpha value is -0.600. The van der Waals surface area contributed by atoms with Gasteiger partial charge in [0.1, 0.15) is 0 Å². The van der Waals surface area contributed by atoms with E-state index < -0.39 is 15.8 Å². The number of hydrogen-bond acceptors (Lipinski definition) is 3. The van der Waals surface area contributed by atoms with Crippen LogP contribution in [0.15, 0.2) is 0 Å². The fraction of sp³-hybridized carbons (Fsp3) is 0.900. The second-order valence-corrected chi connectivity index (χ2v) is 5.56. The van der Waals surface area contributed by atoms with Crippen LogP contribution in [-0.2, 0) is 10.0 Å². The Bertz CT molecular complexity index is 306. The van der Waals surface area contributed by atoms with Gasteiger partial charge in [-0.2, -0.15) is 9.57 Å². The van der Waals surface area contributed by atoms with Gasteiger partial charge in [0.05, 0.1) is 6.07 Å². The standard InChI is InChI=1S/C10H20N2O2S/c1-4-6-8-12(10(3)5-2)15(13,14)9-7-11/h10H,4-6,8-9H2,1-3H3. The van der Waals surface area contributed by atoms with E-state index in [1.165, 1.54) is 4.31 Å². The number of nitriles is 1. The monoisotopic (exact) mass is 232 g/mol. The normalized spacial score (nSPS) is 13.8. The molecule has 1 unspecified atom stereocenters. The van der Waals surface area contributed by atoms with Crippen LogP contribution in [0.5, 0.6) is 0 Å². The van der Waals surface area contributed by atoms with Crippen molar-refractivity contribution in [1.82, 2.24) is 4.31 Å². The maximum Gasteiger partial charge on any atom is 0.227 e. The van der Waals surface area contributed by atoms with Crippen molar-refractivity contribution in [2.75, 3.05) is 12.3 Å². The fourth-order valence-electron chi connectivity index (χ4n) is 1.32. The predicted octanol–water partition coefficient (Wildman–Crippen LogP) is 1.74. The van der Waals surface area contributed by atoms with Crippen LogP contribution >= 0.6 is 0 Å². The second kappa shape index (κ2) is 6.81. The van der Waals surface area contributed by atoms with Gasteiger partial charge in [0.25, 0.3) is 0 Å². The molecule has 0 aromatic rings. The van der Waals surface area contributed by atoms with Crippen molar-refractivity contribution in [3.8, 4) is 6.07 Å². The van der Waals surface area contributed by atoms with Crippen LogP contribution in [-0.4, -0.2) is 31.1 Å². The van der Waals surface area contributed by atoms with Crippen molar-refractivity contribution >= 4 is 10.0 Å². The lowest BCUT2D eigenvalue weighted by atomic mass is 10.2. The first kappa shape index (κ1) is 14.4. The highest BCUT2D eigenvalue weighted by Crippen LogP contribution is 2.12. The Morgan fingerprint density at radius 2 is 2.00 bits per heavy atom. The molecule has 0 radical (unpaired) electrons. The lowest BCUT2D eigenvalue weighted by Crippen LogP contribution is -2.40. The molecule has 0 heterocycles. The predicted molar refractivity (Wildman–Crippen MR) is 60.8 cm³/mol. The summed E-state index contributed by atoms with van der Waals surface area (Å²) >= 11 is 0. The van der Waals surface area contributed by atoms with Crippen LogP contribution in [0.2, 0.25) is 0 Å². The van der Waals surface area contributed by atoms with E-state index in [1.54, 1.807) is 6.07 Å². The number of sulfonamides is 1. The molecule has 0 aliphatic carbocycles. The van der Waals surface area contributed by atoms with Crippen molar-refractivity contribution in [2.45, 2.75) is 46.1 Å². The van der Waals surface area contributed by atoms with E-state index in [0.29, 0.717) is 6.54 Å². The van der Waals surface area contributed by atoms with E-state index >= 15 is 0 Å². The molecular formula is C10H20N2O2S. The molecule has 0 aliphatic rings. The average Bonchev–Trinajstić information content (AvgIpc) is 2.17. The van der Waals surface area contributed by atoms with Crippen LogP contribution in [0.1, 0.15) is 40.0 Å². The highest BCUT2D eigenvalue weighted by Gasteiger charge is 2.25. The van der Waals surface area contributed by atoms with E-state index in [4.69, 9.17) is 5.26 Å². The molecule has 0 saturated carbocycles. The molecular weight excluding hydrogens is 212 g/mol. The van der Waals surface area contributed by atoms with E-state index in [2.05, 4.69) is 0 Å². The van der Waals surface area contributed by atoms with Crippen molar-refractivity contribution in [2.24, 2.45) is 0 Å². The maximum absolute atomic E-state index is 11.7. The molecule has 0 amide bonds.